The number of carbonyl (C=O) groups is 2. The van der Waals surface area contributed by atoms with E-state index in [1.807, 2.05) is 0 Å². The van der Waals surface area contributed by atoms with Gasteiger partial charge in [0.25, 0.3) is 0 Å². The van der Waals surface area contributed by atoms with Gasteiger partial charge in [-0.1, -0.05) is 24.3 Å². The Morgan fingerprint density at radius 1 is 0.643 bits per heavy atom. The molecule has 8 heteroatoms. The van der Waals surface area contributed by atoms with Gasteiger partial charge in [0, 0.05) is 24.3 Å². The summed E-state index contributed by atoms with van der Waals surface area (Å²) in [4.78, 5) is 23.8. The third-order valence-electron chi connectivity index (χ3n) is 3.84. The van der Waals surface area contributed by atoms with Crippen molar-refractivity contribution in [3.8, 4) is 0 Å². The average molecular weight is 380 g/mol. The Bertz CT molecular complexity index is 873. The number of rotatable bonds is 6. The van der Waals surface area contributed by atoms with Crippen LogP contribution in [0.25, 0.3) is 0 Å². The Balaban J connectivity index is 1.49. The zero-order valence-electron chi connectivity index (χ0n) is 14.7. The standard InChI is InChI=1S/C20H16N2O6/c23-19(17-5-9-21(25)10-6-17)27-13-15-1-2-16(4-3-15)14-28-20(24)18-7-11-22(26)12-8-18/h1-12H,13-14H2. The van der Waals surface area contributed by atoms with Gasteiger partial charge in [-0.2, -0.15) is 9.46 Å². The second kappa shape index (κ2) is 8.63. The Labute approximate surface area is 160 Å². The predicted molar refractivity (Wildman–Crippen MR) is 95.5 cm³/mol. The van der Waals surface area contributed by atoms with E-state index in [2.05, 4.69) is 0 Å². The number of esters is 2. The lowest BCUT2D eigenvalue weighted by atomic mass is 10.1. The van der Waals surface area contributed by atoms with Crippen molar-refractivity contribution in [2.24, 2.45) is 0 Å². The molecule has 0 aliphatic rings. The summed E-state index contributed by atoms with van der Waals surface area (Å²) in [7, 11) is 0. The van der Waals surface area contributed by atoms with Crippen LogP contribution in [0.1, 0.15) is 31.8 Å². The highest BCUT2D eigenvalue weighted by Gasteiger charge is 2.10. The van der Waals surface area contributed by atoms with Crippen LogP contribution in [0.2, 0.25) is 0 Å². The van der Waals surface area contributed by atoms with E-state index in [4.69, 9.17) is 9.47 Å². The largest absolute Gasteiger partial charge is 0.619 e. The fourth-order valence-corrected chi connectivity index (χ4v) is 2.29. The van der Waals surface area contributed by atoms with Gasteiger partial charge in [-0.25, -0.2) is 9.59 Å². The maximum absolute atomic E-state index is 11.9. The van der Waals surface area contributed by atoms with Crippen molar-refractivity contribution in [1.82, 2.24) is 0 Å². The van der Waals surface area contributed by atoms with E-state index in [9.17, 15) is 20.0 Å². The highest BCUT2D eigenvalue weighted by Crippen LogP contribution is 2.10. The number of ether oxygens (including phenoxy) is 2. The van der Waals surface area contributed by atoms with Gasteiger partial charge in [0.1, 0.15) is 13.2 Å². The summed E-state index contributed by atoms with van der Waals surface area (Å²) in [6, 6.07) is 12.6. The first kappa shape index (κ1) is 18.8. The molecule has 0 atom stereocenters. The van der Waals surface area contributed by atoms with Crippen LogP contribution in [-0.4, -0.2) is 11.9 Å². The van der Waals surface area contributed by atoms with Gasteiger partial charge in [0.2, 0.25) is 0 Å². The Morgan fingerprint density at radius 3 is 1.29 bits per heavy atom. The molecule has 0 saturated carbocycles. The van der Waals surface area contributed by atoms with E-state index in [0.717, 1.165) is 11.1 Å². The van der Waals surface area contributed by atoms with Gasteiger partial charge in [-0.15, -0.1) is 0 Å². The smallest absolute Gasteiger partial charge is 0.338 e. The van der Waals surface area contributed by atoms with Gasteiger partial charge in [0.05, 0.1) is 11.1 Å². The summed E-state index contributed by atoms with van der Waals surface area (Å²) in [6.07, 6.45) is 4.89. The molecule has 142 valence electrons. The molecule has 0 aliphatic heterocycles. The summed E-state index contributed by atoms with van der Waals surface area (Å²) < 4.78 is 11.6. The highest BCUT2D eigenvalue weighted by molar-refractivity contribution is 5.89. The van der Waals surface area contributed by atoms with E-state index in [1.165, 1.54) is 49.1 Å². The molecule has 0 unspecified atom stereocenters. The Morgan fingerprint density at radius 2 is 0.964 bits per heavy atom. The summed E-state index contributed by atoms with van der Waals surface area (Å²) >= 11 is 0. The lowest BCUT2D eigenvalue weighted by molar-refractivity contribution is -0.605. The van der Waals surface area contributed by atoms with Crippen molar-refractivity contribution in [3.63, 3.8) is 0 Å². The maximum atomic E-state index is 11.9. The maximum Gasteiger partial charge on any atom is 0.338 e. The van der Waals surface area contributed by atoms with Crippen LogP contribution in [0.3, 0.4) is 0 Å². The van der Waals surface area contributed by atoms with Crippen LogP contribution in [0.15, 0.2) is 73.3 Å². The van der Waals surface area contributed by atoms with E-state index >= 15 is 0 Å². The van der Waals surface area contributed by atoms with Crippen LogP contribution in [0.4, 0.5) is 0 Å². The lowest BCUT2D eigenvalue weighted by Gasteiger charge is -2.07. The van der Waals surface area contributed by atoms with Crippen LogP contribution in [0.5, 0.6) is 0 Å². The SMILES string of the molecule is O=C(OCc1ccc(COC(=O)c2cc[n+]([O-])cc2)cc1)c1cc[n+]([O-])cc1. The normalized spacial score (nSPS) is 10.3. The number of carbonyl (C=O) groups excluding carboxylic acids is 2. The number of hydrogen-bond donors (Lipinski definition) is 0. The molecule has 0 N–H and O–H groups in total. The van der Waals surface area contributed by atoms with E-state index < -0.39 is 11.9 Å². The molecular formula is C20H16N2O6. The van der Waals surface area contributed by atoms with Crippen molar-refractivity contribution >= 4 is 11.9 Å². The molecular weight excluding hydrogens is 364 g/mol. The third kappa shape index (κ3) is 5.04. The molecule has 0 aliphatic carbocycles. The lowest BCUT2D eigenvalue weighted by Crippen LogP contribution is -2.24. The second-order valence-electron chi connectivity index (χ2n) is 5.86. The molecule has 0 amide bonds. The zero-order chi connectivity index (χ0) is 19.9. The molecule has 0 fully saturated rings. The number of benzene rings is 1. The minimum atomic E-state index is -0.527. The number of hydrogen-bond acceptors (Lipinski definition) is 6. The average Bonchev–Trinajstić information content (AvgIpc) is 2.72. The summed E-state index contributed by atoms with van der Waals surface area (Å²) in [5.41, 5.74) is 2.11. The second-order valence-corrected chi connectivity index (χ2v) is 5.86. The molecule has 0 bridgehead atoms. The van der Waals surface area contributed by atoms with E-state index in [1.54, 1.807) is 24.3 Å². The van der Waals surface area contributed by atoms with Crippen molar-refractivity contribution in [2.45, 2.75) is 13.2 Å². The first-order valence-corrected chi connectivity index (χ1v) is 8.31. The monoisotopic (exact) mass is 380 g/mol. The first-order valence-electron chi connectivity index (χ1n) is 8.31. The van der Waals surface area contributed by atoms with Gasteiger partial charge in [-0.05, 0) is 11.1 Å². The molecule has 3 rings (SSSR count). The van der Waals surface area contributed by atoms with Gasteiger partial charge in [0.15, 0.2) is 24.8 Å². The van der Waals surface area contributed by atoms with Crippen LogP contribution in [0, 0.1) is 10.4 Å². The molecule has 2 heterocycles. The molecule has 0 saturated heterocycles. The zero-order valence-corrected chi connectivity index (χ0v) is 14.7. The van der Waals surface area contributed by atoms with Crippen molar-refractivity contribution < 1.29 is 28.5 Å². The summed E-state index contributed by atoms with van der Waals surface area (Å²) in [5.74, 6) is -1.05. The minimum absolute atomic E-state index is 0.0738. The number of aromatic nitrogens is 2. The fraction of sp³-hybridized carbons (Fsp3) is 0.100. The van der Waals surface area contributed by atoms with Gasteiger partial charge < -0.3 is 19.9 Å². The fourth-order valence-electron chi connectivity index (χ4n) is 2.29. The molecule has 28 heavy (non-hydrogen) atoms. The molecule has 0 radical (unpaired) electrons. The highest BCUT2D eigenvalue weighted by atomic mass is 16.5. The van der Waals surface area contributed by atoms with Crippen molar-refractivity contribution in [1.29, 1.82) is 0 Å². The third-order valence-corrected chi connectivity index (χ3v) is 3.84. The quantitative estimate of drug-likeness (QED) is 0.366. The van der Waals surface area contributed by atoms with Crippen LogP contribution in [-0.2, 0) is 22.7 Å². The molecule has 2 aromatic heterocycles. The topological polar surface area (TPSA) is 106 Å². The molecule has 0 spiro atoms. The van der Waals surface area contributed by atoms with Crippen molar-refractivity contribution in [2.75, 3.05) is 0 Å². The summed E-state index contributed by atoms with van der Waals surface area (Å²) in [5, 5.41) is 21.9. The molecule has 8 nitrogen and oxygen atoms in total. The predicted octanol–water partition coefficient (Wildman–Crippen LogP) is 1.67. The van der Waals surface area contributed by atoms with Crippen LogP contribution >= 0.6 is 0 Å². The van der Waals surface area contributed by atoms with Gasteiger partial charge >= 0.3 is 11.9 Å². The minimum Gasteiger partial charge on any atom is -0.619 e. The number of pyridine rings is 2. The van der Waals surface area contributed by atoms with Crippen LogP contribution < -0.4 is 9.46 Å². The van der Waals surface area contributed by atoms with Gasteiger partial charge in [-0.3, -0.25) is 0 Å². The van der Waals surface area contributed by atoms with E-state index in [-0.39, 0.29) is 13.2 Å². The molecule has 1 aromatic carbocycles. The number of nitrogens with zero attached hydrogens (tertiary/aromatic N) is 2. The Kier molecular flexibility index (Phi) is 5.81. The van der Waals surface area contributed by atoms with Crippen molar-refractivity contribution in [3.05, 3.63) is 106 Å². The van der Waals surface area contributed by atoms with E-state index in [0.29, 0.717) is 20.6 Å². The summed E-state index contributed by atoms with van der Waals surface area (Å²) in [6.45, 7) is 0.148. The molecule has 3 aromatic rings. The first-order chi connectivity index (χ1) is 13.5. The Hall–Kier alpha value is -3.94.